The van der Waals surface area contributed by atoms with Crippen LogP contribution in [0.3, 0.4) is 0 Å². The van der Waals surface area contributed by atoms with Crippen molar-refractivity contribution in [3.05, 3.63) is 18.6 Å². The van der Waals surface area contributed by atoms with Crippen molar-refractivity contribution in [3.8, 4) is 0 Å². The molecule has 1 N–H and O–H groups in total. The molecule has 0 atom stereocenters. The van der Waals surface area contributed by atoms with Crippen LogP contribution in [0.1, 0.15) is 12.8 Å². The zero-order chi connectivity index (χ0) is 13.5. The lowest BCUT2D eigenvalue weighted by atomic mass is 10.1. The lowest BCUT2D eigenvalue weighted by molar-refractivity contribution is 0.318. The second-order valence-corrected chi connectivity index (χ2v) is 5.97. The average Bonchev–Trinajstić information content (AvgIpc) is 3.02. The van der Waals surface area contributed by atoms with E-state index in [0.717, 1.165) is 29.9 Å². The van der Waals surface area contributed by atoms with Gasteiger partial charge in [-0.05, 0) is 33.0 Å². The fraction of sp³-hybridized carbons (Fsp3) is 0.571. The maximum Gasteiger partial charge on any atom is 0.154 e. The van der Waals surface area contributed by atoms with Gasteiger partial charge in [-0.1, -0.05) is 0 Å². The third-order valence-electron chi connectivity index (χ3n) is 3.90. The van der Waals surface area contributed by atoms with Gasteiger partial charge in [0.1, 0.15) is 11.8 Å². The number of nitrogens with zero attached hydrogens (tertiary/aromatic N) is 4. The van der Waals surface area contributed by atoms with Crippen LogP contribution < -0.4 is 5.32 Å². The van der Waals surface area contributed by atoms with Crippen molar-refractivity contribution < 1.29 is 0 Å². The van der Waals surface area contributed by atoms with Crippen molar-refractivity contribution >= 4 is 16.9 Å². The molecule has 3 rings (SSSR count). The second kappa shape index (κ2) is 4.49. The summed E-state index contributed by atoms with van der Waals surface area (Å²) in [6.45, 7) is 2.13. The Morgan fingerprint density at radius 2 is 2.16 bits per heavy atom. The van der Waals surface area contributed by atoms with Crippen LogP contribution >= 0.6 is 0 Å². The SMILES string of the molecule is CN(C)CC1(CNc2ncnc3ccn(C)c23)CC1. The van der Waals surface area contributed by atoms with E-state index in [-0.39, 0.29) is 0 Å². The Bertz CT molecular complexity index is 583. The molecule has 0 amide bonds. The van der Waals surface area contributed by atoms with E-state index >= 15 is 0 Å². The van der Waals surface area contributed by atoms with Gasteiger partial charge in [-0.3, -0.25) is 0 Å². The van der Waals surface area contributed by atoms with Crippen LogP contribution in [0.15, 0.2) is 18.6 Å². The van der Waals surface area contributed by atoms with E-state index in [1.807, 2.05) is 19.3 Å². The number of anilines is 1. The molecular weight excluding hydrogens is 238 g/mol. The highest BCUT2D eigenvalue weighted by molar-refractivity contribution is 5.86. The van der Waals surface area contributed by atoms with E-state index in [0.29, 0.717) is 5.41 Å². The zero-order valence-corrected chi connectivity index (χ0v) is 11.8. The molecule has 1 aliphatic rings. The zero-order valence-electron chi connectivity index (χ0n) is 11.8. The van der Waals surface area contributed by atoms with Gasteiger partial charge in [0.2, 0.25) is 0 Å². The smallest absolute Gasteiger partial charge is 0.154 e. The maximum absolute atomic E-state index is 4.39. The molecule has 0 spiro atoms. The number of rotatable bonds is 5. The summed E-state index contributed by atoms with van der Waals surface area (Å²) in [7, 11) is 6.31. The van der Waals surface area contributed by atoms with Crippen molar-refractivity contribution in [2.24, 2.45) is 12.5 Å². The first-order chi connectivity index (χ1) is 9.10. The van der Waals surface area contributed by atoms with Crippen LogP contribution in [-0.4, -0.2) is 46.6 Å². The third kappa shape index (κ3) is 2.42. The molecule has 1 fully saturated rings. The Balaban J connectivity index is 1.77. The van der Waals surface area contributed by atoms with Gasteiger partial charge in [0.15, 0.2) is 5.82 Å². The predicted octanol–water partition coefficient (Wildman–Crippen LogP) is 1.72. The highest BCUT2D eigenvalue weighted by atomic mass is 15.1. The van der Waals surface area contributed by atoms with Crippen molar-refractivity contribution in [2.45, 2.75) is 12.8 Å². The van der Waals surface area contributed by atoms with E-state index in [4.69, 9.17) is 0 Å². The summed E-state index contributed by atoms with van der Waals surface area (Å²) < 4.78 is 2.07. The standard InChI is InChI=1S/C14H21N5/c1-18(2)9-14(5-6-14)8-15-13-12-11(16-10-17-13)4-7-19(12)3/h4,7,10H,5-6,8-9H2,1-3H3,(H,15,16,17). The molecule has 0 saturated heterocycles. The maximum atomic E-state index is 4.39. The van der Waals surface area contributed by atoms with Gasteiger partial charge in [0.25, 0.3) is 0 Å². The second-order valence-electron chi connectivity index (χ2n) is 5.97. The Morgan fingerprint density at radius 3 is 2.84 bits per heavy atom. The van der Waals surface area contributed by atoms with Crippen molar-refractivity contribution in [3.63, 3.8) is 0 Å². The van der Waals surface area contributed by atoms with Crippen LogP contribution in [0.4, 0.5) is 5.82 Å². The minimum absolute atomic E-state index is 0.436. The highest BCUT2D eigenvalue weighted by Crippen LogP contribution is 2.46. The average molecular weight is 259 g/mol. The molecule has 1 saturated carbocycles. The summed E-state index contributed by atoms with van der Waals surface area (Å²) in [4.78, 5) is 11.0. The first-order valence-corrected chi connectivity index (χ1v) is 6.74. The largest absolute Gasteiger partial charge is 0.368 e. The topological polar surface area (TPSA) is 46.0 Å². The Morgan fingerprint density at radius 1 is 1.37 bits per heavy atom. The van der Waals surface area contributed by atoms with Gasteiger partial charge in [-0.15, -0.1) is 0 Å². The van der Waals surface area contributed by atoms with Crippen molar-refractivity contribution in [1.29, 1.82) is 0 Å². The molecule has 102 valence electrons. The van der Waals surface area contributed by atoms with Gasteiger partial charge in [0, 0.05) is 31.7 Å². The van der Waals surface area contributed by atoms with Crippen LogP contribution in [0, 0.1) is 5.41 Å². The van der Waals surface area contributed by atoms with E-state index < -0.39 is 0 Å². The Labute approximate surface area is 113 Å². The first-order valence-electron chi connectivity index (χ1n) is 6.74. The number of fused-ring (bicyclic) bond motifs is 1. The van der Waals surface area contributed by atoms with Crippen LogP contribution in [0.2, 0.25) is 0 Å². The lowest BCUT2D eigenvalue weighted by Crippen LogP contribution is -2.28. The van der Waals surface area contributed by atoms with Crippen LogP contribution in [0.5, 0.6) is 0 Å². The molecule has 0 aromatic carbocycles. The van der Waals surface area contributed by atoms with E-state index in [2.05, 4.69) is 38.8 Å². The molecule has 2 heterocycles. The molecule has 0 bridgehead atoms. The number of hydrogen-bond acceptors (Lipinski definition) is 4. The summed E-state index contributed by atoms with van der Waals surface area (Å²) >= 11 is 0. The summed E-state index contributed by atoms with van der Waals surface area (Å²) in [6.07, 6.45) is 6.27. The minimum Gasteiger partial charge on any atom is -0.368 e. The molecule has 5 heteroatoms. The molecule has 0 aliphatic heterocycles. The molecule has 0 unspecified atom stereocenters. The van der Waals surface area contributed by atoms with Gasteiger partial charge >= 0.3 is 0 Å². The van der Waals surface area contributed by atoms with Crippen molar-refractivity contribution in [1.82, 2.24) is 19.4 Å². The van der Waals surface area contributed by atoms with Gasteiger partial charge in [0.05, 0.1) is 5.52 Å². The monoisotopic (exact) mass is 259 g/mol. The van der Waals surface area contributed by atoms with E-state index in [1.165, 1.54) is 12.8 Å². The van der Waals surface area contributed by atoms with Gasteiger partial charge < -0.3 is 14.8 Å². The molecule has 2 aromatic rings. The summed E-state index contributed by atoms with van der Waals surface area (Å²) in [5.41, 5.74) is 2.52. The fourth-order valence-electron chi connectivity index (χ4n) is 2.76. The quantitative estimate of drug-likeness (QED) is 0.888. The van der Waals surface area contributed by atoms with Crippen LogP contribution in [-0.2, 0) is 7.05 Å². The highest BCUT2D eigenvalue weighted by Gasteiger charge is 2.42. The molecule has 1 aliphatic carbocycles. The summed E-state index contributed by atoms with van der Waals surface area (Å²) in [5, 5.41) is 3.52. The van der Waals surface area contributed by atoms with Gasteiger partial charge in [-0.25, -0.2) is 9.97 Å². The number of aromatic nitrogens is 3. The Hall–Kier alpha value is -1.62. The first kappa shape index (κ1) is 12.4. The minimum atomic E-state index is 0.436. The van der Waals surface area contributed by atoms with Crippen LogP contribution in [0.25, 0.3) is 11.0 Å². The number of aryl methyl sites for hydroxylation is 1. The summed E-state index contributed by atoms with van der Waals surface area (Å²) in [5.74, 6) is 0.947. The predicted molar refractivity (Wildman–Crippen MR) is 77.2 cm³/mol. The molecule has 19 heavy (non-hydrogen) atoms. The van der Waals surface area contributed by atoms with Gasteiger partial charge in [-0.2, -0.15) is 0 Å². The molecule has 0 radical (unpaired) electrons. The normalized spacial score (nSPS) is 17.1. The van der Waals surface area contributed by atoms with E-state index in [1.54, 1.807) is 6.33 Å². The molecule has 2 aromatic heterocycles. The fourth-order valence-corrected chi connectivity index (χ4v) is 2.76. The molecular formula is C14H21N5. The third-order valence-corrected chi connectivity index (χ3v) is 3.90. The van der Waals surface area contributed by atoms with Crippen molar-refractivity contribution in [2.75, 3.05) is 32.5 Å². The summed E-state index contributed by atoms with van der Waals surface area (Å²) in [6, 6.07) is 2.02. The van der Waals surface area contributed by atoms with E-state index in [9.17, 15) is 0 Å². The Kier molecular flexibility index (Phi) is 2.93. The molecule has 5 nitrogen and oxygen atoms in total. The number of nitrogens with one attached hydrogen (secondary N) is 1. The lowest BCUT2D eigenvalue weighted by Gasteiger charge is -2.21. The number of hydrogen-bond donors (Lipinski definition) is 1.